The van der Waals surface area contributed by atoms with Gasteiger partial charge in [0.1, 0.15) is 5.69 Å². The Hall–Kier alpha value is -1.33. The predicted octanol–water partition coefficient (Wildman–Crippen LogP) is 2.95. The molecule has 0 radical (unpaired) electrons. The van der Waals surface area contributed by atoms with Gasteiger partial charge in [-0.3, -0.25) is 0 Å². The van der Waals surface area contributed by atoms with Gasteiger partial charge in [-0.05, 0) is 13.0 Å². The lowest BCUT2D eigenvalue weighted by molar-refractivity contribution is -0.141. The van der Waals surface area contributed by atoms with Gasteiger partial charge in [-0.2, -0.15) is 13.2 Å². The van der Waals surface area contributed by atoms with E-state index in [9.17, 15) is 13.2 Å². The maximum absolute atomic E-state index is 12.1. The van der Waals surface area contributed by atoms with Crippen LogP contribution in [0.15, 0.2) is 12.3 Å². The minimum atomic E-state index is -4.41. The van der Waals surface area contributed by atoms with E-state index in [2.05, 4.69) is 15.3 Å². The van der Waals surface area contributed by atoms with Crippen LogP contribution in [0.3, 0.4) is 0 Å². The first-order valence-corrected chi connectivity index (χ1v) is 4.68. The van der Waals surface area contributed by atoms with Gasteiger partial charge in [0.15, 0.2) is 0 Å². The van der Waals surface area contributed by atoms with Crippen LogP contribution in [0.4, 0.5) is 19.1 Å². The number of aromatic nitrogens is 2. The molecule has 0 saturated carbocycles. The van der Waals surface area contributed by atoms with E-state index in [-0.39, 0.29) is 5.95 Å². The third kappa shape index (κ3) is 4.62. The molecule has 6 heteroatoms. The summed E-state index contributed by atoms with van der Waals surface area (Å²) in [6, 6.07) is 0.834. The van der Waals surface area contributed by atoms with Crippen LogP contribution in [0.2, 0.25) is 0 Å². The molecule has 0 spiro atoms. The standard InChI is InChI=1S/C7H8F3N3.C2H6/c1-2-11-6-12-4-3-5(13-6)7(8,9)10;1-2/h3-4H,2H2,1H3,(H,11,12,13);1-2H3. The zero-order valence-corrected chi connectivity index (χ0v) is 8.89. The van der Waals surface area contributed by atoms with Crippen molar-refractivity contribution in [1.82, 2.24) is 9.97 Å². The van der Waals surface area contributed by atoms with Crippen LogP contribution >= 0.6 is 0 Å². The molecule has 0 aliphatic carbocycles. The minimum Gasteiger partial charge on any atom is -0.354 e. The number of anilines is 1. The summed E-state index contributed by atoms with van der Waals surface area (Å²) >= 11 is 0. The van der Waals surface area contributed by atoms with Crippen molar-refractivity contribution in [2.24, 2.45) is 0 Å². The molecule has 0 saturated heterocycles. The van der Waals surface area contributed by atoms with Gasteiger partial charge >= 0.3 is 6.18 Å². The van der Waals surface area contributed by atoms with Gasteiger partial charge in [-0.15, -0.1) is 0 Å². The zero-order valence-electron chi connectivity index (χ0n) is 8.89. The largest absolute Gasteiger partial charge is 0.433 e. The van der Waals surface area contributed by atoms with Gasteiger partial charge in [0.2, 0.25) is 5.95 Å². The third-order valence-electron chi connectivity index (χ3n) is 1.28. The summed E-state index contributed by atoms with van der Waals surface area (Å²) in [5.74, 6) is -0.00248. The minimum absolute atomic E-state index is 0.00248. The number of hydrogen-bond donors (Lipinski definition) is 1. The Kier molecular flexibility index (Phi) is 5.66. The highest BCUT2D eigenvalue weighted by molar-refractivity contribution is 5.25. The van der Waals surface area contributed by atoms with Gasteiger partial charge in [0.05, 0.1) is 0 Å². The molecule has 1 rings (SSSR count). The van der Waals surface area contributed by atoms with E-state index >= 15 is 0 Å². The summed E-state index contributed by atoms with van der Waals surface area (Å²) in [7, 11) is 0. The average molecular weight is 221 g/mol. The third-order valence-corrected chi connectivity index (χ3v) is 1.28. The number of rotatable bonds is 2. The predicted molar refractivity (Wildman–Crippen MR) is 52.5 cm³/mol. The van der Waals surface area contributed by atoms with Crippen molar-refractivity contribution in [3.05, 3.63) is 18.0 Å². The monoisotopic (exact) mass is 221 g/mol. The summed E-state index contributed by atoms with van der Waals surface area (Å²) in [4.78, 5) is 6.91. The van der Waals surface area contributed by atoms with Crippen molar-refractivity contribution in [2.75, 3.05) is 11.9 Å². The van der Waals surface area contributed by atoms with E-state index < -0.39 is 11.9 Å². The normalized spacial score (nSPS) is 10.3. The molecule has 0 amide bonds. The summed E-state index contributed by atoms with van der Waals surface area (Å²) in [5, 5.41) is 2.60. The van der Waals surface area contributed by atoms with Crippen molar-refractivity contribution >= 4 is 5.95 Å². The molecule has 0 aliphatic rings. The molecule has 86 valence electrons. The number of halogens is 3. The maximum Gasteiger partial charge on any atom is 0.433 e. The fourth-order valence-electron chi connectivity index (χ4n) is 0.760. The first kappa shape index (κ1) is 13.7. The van der Waals surface area contributed by atoms with Crippen LogP contribution in [0.25, 0.3) is 0 Å². The SMILES string of the molecule is CC.CCNc1nccc(C(F)(F)F)n1. The number of nitrogens with one attached hydrogen (secondary N) is 1. The highest BCUT2D eigenvalue weighted by atomic mass is 19.4. The molecule has 0 aliphatic heterocycles. The molecule has 1 aromatic rings. The first-order chi connectivity index (χ1) is 7.04. The lowest BCUT2D eigenvalue weighted by atomic mass is 10.4. The molecule has 1 aromatic heterocycles. The summed E-state index contributed by atoms with van der Waals surface area (Å²) < 4.78 is 36.3. The van der Waals surface area contributed by atoms with Crippen LogP contribution in [0, 0.1) is 0 Å². The van der Waals surface area contributed by atoms with E-state index in [1.807, 2.05) is 13.8 Å². The molecule has 0 aromatic carbocycles. The second kappa shape index (κ2) is 6.21. The van der Waals surface area contributed by atoms with Gasteiger partial charge in [-0.25, -0.2) is 9.97 Å². The summed E-state index contributed by atoms with van der Waals surface area (Å²) in [5.41, 5.74) is -0.932. The quantitative estimate of drug-likeness (QED) is 0.834. The molecule has 1 heterocycles. The Balaban J connectivity index is 0.000000921. The van der Waals surface area contributed by atoms with Crippen molar-refractivity contribution in [1.29, 1.82) is 0 Å². The number of alkyl halides is 3. The van der Waals surface area contributed by atoms with Gasteiger partial charge in [0.25, 0.3) is 0 Å². The van der Waals surface area contributed by atoms with Crippen LogP contribution in [-0.4, -0.2) is 16.5 Å². The topological polar surface area (TPSA) is 37.8 Å². The Bertz CT molecular complexity index is 286. The van der Waals surface area contributed by atoms with E-state index in [1.54, 1.807) is 6.92 Å². The second-order valence-electron chi connectivity index (χ2n) is 2.29. The molecule has 0 unspecified atom stereocenters. The molecule has 0 bridgehead atoms. The van der Waals surface area contributed by atoms with E-state index in [1.165, 1.54) is 0 Å². The van der Waals surface area contributed by atoms with Crippen LogP contribution in [0.1, 0.15) is 26.5 Å². The Morgan fingerprint density at radius 1 is 1.33 bits per heavy atom. The second-order valence-corrected chi connectivity index (χ2v) is 2.29. The average Bonchev–Trinajstić information content (AvgIpc) is 2.21. The fraction of sp³-hybridized carbons (Fsp3) is 0.556. The molecule has 0 atom stereocenters. The molecule has 1 N–H and O–H groups in total. The molecular weight excluding hydrogens is 207 g/mol. The van der Waals surface area contributed by atoms with Crippen molar-refractivity contribution in [2.45, 2.75) is 26.9 Å². The number of nitrogens with zero attached hydrogens (tertiary/aromatic N) is 2. The smallest absolute Gasteiger partial charge is 0.354 e. The fourth-order valence-corrected chi connectivity index (χ4v) is 0.760. The van der Waals surface area contributed by atoms with Crippen molar-refractivity contribution < 1.29 is 13.2 Å². The summed E-state index contributed by atoms with van der Waals surface area (Å²) in [6.07, 6.45) is -3.33. The van der Waals surface area contributed by atoms with Gasteiger partial charge in [0, 0.05) is 12.7 Å². The number of hydrogen-bond acceptors (Lipinski definition) is 3. The Morgan fingerprint density at radius 3 is 2.40 bits per heavy atom. The first-order valence-electron chi connectivity index (χ1n) is 4.68. The van der Waals surface area contributed by atoms with Gasteiger partial charge < -0.3 is 5.32 Å². The summed E-state index contributed by atoms with van der Waals surface area (Å²) in [6.45, 7) is 6.24. The van der Waals surface area contributed by atoms with Crippen LogP contribution in [-0.2, 0) is 6.18 Å². The van der Waals surface area contributed by atoms with Crippen LogP contribution < -0.4 is 5.32 Å². The Morgan fingerprint density at radius 2 is 1.93 bits per heavy atom. The molecule has 3 nitrogen and oxygen atoms in total. The lowest BCUT2D eigenvalue weighted by Crippen LogP contribution is -2.11. The lowest BCUT2D eigenvalue weighted by Gasteiger charge is -2.06. The van der Waals surface area contributed by atoms with E-state index in [0.717, 1.165) is 12.3 Å². The molecule has 15 heavy (non-hydrogen) atoms. The zero-order chi connectivity index (χ0) is 11.9. The molecular formula is C9H14F3N3. The van der Waals surface area contributed by atoms with E-state index in [4.69, 9.17) is 0 Å². The van der Waals surface area contributed by atoms with Crippen molar-refractivity contribution in [3.8, 4) is 0 Å². The van der Waals surface area contributed by atoms with E-state index in [0.29, 0.717) is 6.54 Å². The van der Waals surface area contributed by atoms with Crippen molar-refractivity contribution in [3.63, 3.8) is 0 Å². The van der Waals surface area contributed by atoms with Crippen LogP contribution in [0.5, 0.6) is 0 Å². The molecule has 0 fully saturated rings. The highest BCUT2D eigenvalue weighted by Gasteiger charge is 2.32. The Labute approximate surface area is 86.7 Å². The van der Waals surface area contributed by atoms with Gasteiger partial charge in [-0.1, -0.05) is 13.8 Å². The highest BCUT2D eigenvalue weighted by Crippen LogP contribution is 2.27. The maximum atomic E-state index is 12.1.